The molecule has 2 atom stereocenters. The third-order valence-corrected chi connectivity index (χ3v) is 4.34. The standard InChI is InChI=1S/C11H11F2NO2S/c12-9(13)8-7(1-2-17-8)10(15)14-11-3-6(11)4-16-5-11/h1-2,6,9H,3-5H2,(H,14,15)/t6-,11-/m0/s1. The van der Waals surface area contributed by atoms with Crippen LogP contribution < -0.4 is 5.32 Å². The summed E-state index contributed by atoms with van der Waals surface area (Å²) >= 11 is 0.914. The summed E-state index contributed by atoms with van der Waals surface area (Å²) in [5.41, 5.74) is -0.185. The minimum absolute atomic E-state index is 0.0944. The van der Waals surface area contributed by atoms with Crippen LogP contribution >= 0.6 is 11.3 Å². The normalized spacial score (nSPS) is 30.4. The van der Waals surface area contributed by atoms with Crippen LogP contribution in [0.1, 0.15) is 28.1 Å². The maximum absolute atomic E-state index is 12.6. The molecule has 1 aromatic rings. The number of carbonyl (C=O) groups is 1. The van der Waals surface area contributed by atoms with Gasteiger partial charge in [0.15, 0.2) is 0 Å². The van der Waals surface area contributed by atoms with Gasteiger partial charge in [0.25, 0.3) is 12.3 Å². The monoisotopic (exact) mass is 259 g/mol. The molecule has 1 amide bonds. The van der Waals surface area contributed by atoms with Gasteiger partial charge < -0.3 is 10.1 Å². The van der Waals surface area contributed by atoms with E-state index in [0.29, 0.717) is 19.1 Å². The van der Waals surface area contributed by atoms with Crippen molar-refractivity contribution in [3.05, 3.63) is 21.9 Å². The summed E-state index contributed by atoms with van der Waals surface area (Å²) in [6.07, 6.45) is -1.70. The van der Waals surface area contributed by atoms with Crippen LogP contribution in [-0.4, -0.2) is 24.7 Å². The first-order valence-electron chi connectivity index (χ1n) is 5.38. The fraction of sp³-hybridized carbons (Fsp3) is 0.545. The molecule has 0 bridgehead atoms. The molecule has 3 nitrogen and oxygen atoms in total. The van der Waals surface area contributed by atoms with E-state index in [1.54, 1.807) is 0 Å². The molecule has 2 aliphatic rings. The average molecular weight is 259 g/mol. The van der Waals surface area contributed by atoms with Crippen molar-refractivity contribution < 1.29 is 18.3 Å². The van der Waals surface area contributed by atoms with Gasteiger partial charge in [-0.15, -0.1) is 11.3 Å². The molecular formula is C11H11F2NO2S. The quantitative estimate of drug-likeness (QED) is 0.903. The van der Waals surface area contributed by atoms with Crippen LogP contribution in [0.2, 0.25) is 0 Å². The van der Waals surface area contributed by atoms with Crippen LogP contribution in [-0.2, 0) is 4.74 Å². The Kier molecular flexibility index (Phi) is 2.45. The van der Waals surface area contributed by atoms with Gasteiger partial charge in [0.05, 0.1) is 29.2 Å². The molecule has 2 heterocycles. The molecule has 2 fully saturated rings. The Balaban J connectivity index is 1.76. The zero-order valence-electron chi connectivity index (χ0n) is 8.91. The van der Waals surface area contributed by atoms with Crippen molar-refractivity contribution in [1.29, 1.82) is 0 Å². The van der Waals surface area contributed by atoms with Gasteiger partial charge in [0, 0.05) is 5.92 Å². The smallest absolute Gasteiger partial charge is 0.273 e. The number of ether oxygens (including phenoxy) is 1. The summed E-state index contributed by atoms with van der Waals surface area (Å²) in [6, 6.07) is 1.45. The van der Waals surface area contributed by atoms with Crippen molar-refractivity contribution in [3.8, 4) is 0 Å². The zero-order valence-corrected chi connectivity index (χ0v) is 9.73. The highest BCUT2D eigenvalue weighted by molar-refractivity contribution is 7.10. The Morgan fingerprint density at radius 3 is 3.06 bits per heavy atom. The summed E-state index contributed by atoms with van der Waals surface area (Å²) in [5, 5.41) is 4.35. The number of thiophene rings is 1. The van der Waals surface area contributed by atoms with Crippen molar-refractivity contribution in [2.24, 2.45) is 5.92 Å². The second kappa shape index (κ2) is 3.74. The molecule has 1 saturated carbocycles. The number of nitrogens with one attached hydrogen (secondary N) is 1. The van der Waals surface area contributed by atoms with E-state index in [2.05, 4.69) is 5.32 Å². The number of hydrogen-bond acceptors (Lipinski definition) is 3. The SMILES string of the molecule is O=C(N[C@@]12COC[C@@H]1C2)c1ccsc1C(F)F. The van der Waals surface area contributed by atoms with Gasteiger partial charge in [-0.1, -0.05) is 0 Å². The molecule has 1 aliphatic heterocycles. The van der Waals surface area contributed by atoms with Crippen LogP contribution in [0.3, 0.4) is 0 Å². The Labute approximate surface area is 101 Å². The van der Waals surface area contributed by atoms with Gasteiger partial charge in [0.2, 0.25) is 0 Å². The molecule has 1 N–H and O–H groups in total. The van der Waals surface area contributed by atoms with Crippen LogP contribution in [0.15, 0.2) is 11.4 Å². The number of alkyl halides is 2. The van der Waals surface area contributed by atoms with Gasteiger partial charge in [-0.25, -0.2) is 8.78 Å². The molecule has 0 spiro atoms. The van der Waals surface area contributed by atoms with Gasteiger partial charge >= 0.3 is 0 Å². The predicted octanol–water partition coefficient (Wildman–Crippen LogP) is 2.20. The van der Waals surface area contributed by atoms with E-state index in [4.69, 9.17) is 4.74 Å². The second-order valence-corrected chi connectivity index (χ2v) is 5.47. The number of carbonyl (C=O) groups excluding carboxylic acids is 1. The van der Waals surface area contributed by atoms with Crippen LogP contribution in [0.4, 0.5) is 8.78 Å². The van der Waals surface area contributed by atoms with Gasteiger partial charge in [-0.2, -0.15) is 0 Å². The minimum Gasteiger partial charge on any atom is -0.379 e. The lowest BCUT2D eigenvalue weighted by Gasteiger charge is -2.13. The molecule has 0 radical (unpaired) electrons. The topological polar surface area (TPSA) is 38.3 Å². The maximum Gasteiger partial charge on any atom is 0.273 e. The first-order chi connectivity index (χ1) is 8.12. The summed E-state index contributed by atoms with van der Waals surface area (Å²) < 4.78 is 30.5. The van der Waals surface area contributed by atoms with Gasteiger partial charge in [0.1, 0.15) is 0 Å². The van der Waals surface area contributed by atoms with Crippen LogP contribution in [0, 0.1) is 5.92 Å². The number of rotatable bonds is 3. The van der Waals surface area contributed by atoms with Crippen molar-refractivity contribution in [3.63, 3.8) is 0 Å². The van der Waals surface area contributed by atoms with E-state index < -0.39 is 12.3 Å². The first-order valence-corrected chi connectivity index (χ1v) is 6.26. The molecule has 17 heavy (non-hydrogen) atoms. The molecular weight excluding hydrogens is 248 g/mol. The molecule has 1 saturated heterocycles. The molecule has 1 aliphatic carbocycles. The third-order valence-electron chi connectivity index (χ3n) is 3.41. The molecule has 0 unspecified atom stereocenters. The highest BCUT2D eigenvalue weighted by atomic mass is 32.1. The Morgan fingerprint density at radius 1 is 1.65 bits per heavy atom. The lowest BCUT2D eigenvalue weighted by molar-refractivity contribution is 0.0895. The van der Waals surface area contributed by atoms with Gasteiger partial charge in [-0.3, -0.25) is 4.79 Å². The largest absolute Gasteiger partial charge is 0.379 e. The lowest BCUT2D eigenvalue weighted by Crippen LogP contribution is -2.39. The molecule has 1 aromatic heterocycles. The fourth-order valence-corrected chi connectivity index (χ4v) is 3.06. The van der Waals surface area contributed by atoms with Crippen molar-refractivity contribution in [2.45, 2.75) is 18.4 Å². The summed E-state index contributed by atoms with van der Waals surface area (Å²) in [6.45, 7) is 1.16. The first kappa shape index (κ1) is 11.1. The van der Waals surface area contributed by atoms with Crippen LogP contribution in [0.25, 0.3) is 0 Å². The van der Waals surface area contributed by atoms with E-state index >= 15 is 0 Å². The zero-order chi connectivity index (χ0) is 12.0. The lowest BCUT2D eigenvalue weighted by atomic mass is 10.2. The highest BCUT2D eigenvalue weighted by Gasteiger charge is 2.59. The molecule has 3 rings (SSSR count). The summed E-state index contributed by atoms with van der Waals surface area (Å²) in [4.78, 5) is 11.8. The predicted molar refractivity (Wildman–Crippen MR) is 58.4 cm³/mol. The van der Waals surface area contributed by atoms with Crippen molar-refractivity contribution in [1.82, 2.24) is 5.32 Å². The van der Waals surface area contributed by atoms with Crippen molar-refractivity contribution in [2.75, 3.05) is 13.2 Å². The Bertz CT molecular complexity index is 462. The van der Waals surface area contributed by atoms with Crippen molar-refractivity contribution >= 4 is 17.2 Å². The number of amides is 1. The number of fused-ring (bicyclic) bond motifs is 1. The van der Waals surface area contributed by atoms with Crippen LogP contribution in [0.5, 0.6) is 0 Å². The minimum atomic E-state index is -2.59. The molecule has 0 aromatic carbocycles. The summed E-state index contributed by atoms with van der Waals surface area (Å²) in [7, 11) is 0. The third kappa shape index (κ3) is 1.75. The Hall–Kier alpha value is -1.01. The van der Waals surface area contributed by atoms with E-state index in [-0.39, 0.29) is 16.0 Å². The highest BCUT2D eigenvalue weighted by Crippen LogP contribution is 2.48. The maximum atomic E-state index is 12.6. The average Bonchev–Trinajstić information content (AvgIpc) is 2.72. The second-order valence-electron chi connectivity index (χ2n) is 4.53. The Morgan fingerprint density at radius 2 is 2.47 bits per heavy atom. The van der Waals surface area contributed by atoms with E-state index in [9.17, 15) is 13.6 Å². The van der Waals surface area contributed by atoms with E-state index in [1.807, 2.05) is 0 Å². The molecule has 6 heteroatoms. The summed E-state index contributed by atoms with van der Waals surface area (Å²) in [5.74, 6) is -0.0466. The van der Waals surface area contributed by atoms with Gasteiger partial charge in [-0.05, 0) is 17.9 Å². The molecule has 92 valence electrons. The number of hydrogen-bond donors (Lipinski definition) is 1. The van der Waals surface area contributed by atoms with E-state index in [1.165, 1.54) is 11.4 Å². The number of halogens is 2. The fourth-order valence-electron chi connectivity index (χ4n) is 2.32. The van der Waals surface area contributed by atoms with E-state index in [0.717, 1.165) is 17.8 Å².